The first kappa shape index (κ1) is 122. The zero-order chi connectivity index (χ0) is 98.5. The fourth-order valence-corrected chi connectivity index (χ4v) is 29.3. The molecule has 2 aliphatic rings. The van der Waals surface area contributed by atoms with Crippen molar-refractivity contribution in [3.05, 3.63) is 199 Å². The molecule has 5 atom stereocenters. The molecular formula is C75H49F3I21O29S3-3. The first-order chi connectivity index (χ1) is 60.5. The lowest BCUT2D eigenvalue weighted by molar-refractivity contribution is -0.222. The van der Waals surface area contributed by atoms with Gasteiger partial charge in [0.1, 0.15) is 68.3 Å². The van der Waals surface area contributed by atoms with E-state index in [-0.39, 0.29) is 54.4 Å². The Morgan fingerprint density at radius 3 is 0.840 bits per heavy atom. The van der Waals surface area contributed by atoms with Crippen LogP contribution in [0.2, 0.25) is 0 Å². The molecule has 0 N–H and O–H groups in total. The number of carbonyl (C=O) groups is 10. The molecule has 0 heterocycles. The second-order valence-electron chi connectivity index (χ2n) is 27.3. The highest BCUT2D eigenvalue weighted by Gasteiger charge is 2.51. The first-order valence-corrected chi connectivity index (χ1v) is 62.8. The Morgan fingerprint density at radius 2 is 0.588 bits per heavy atom. The third-order valence-corrected chi connectivity index (χ3v) is 45.2. The van der Waals surface area contributed by atoms with E-state index in [0.29, 0.717) is 48.8 Å². The Morgan fingerprint density at radius 1 is 0.344 bits per heavy atom. The second-order valence-corrected chi connectivity index (χ2v) is 56.2. The van der Waals surface area contributed by atoms with Gasteiger partial charge >= 0.3 is 65.9 Å². The summed E-state index contributed by atoms with van der Waals surface area (Å²) in [6.45, 7) is -2.17. The van der Waals surface area contributed by atoms with Gasteiger partial charge in [-0.05, 0) is 579 Å². The maximum absolute atomic E-state index is 13.8. The summed E-state index contributed by atoms with van der Waals surface area (Å²) in [5, 5.41) is 0. The predicted molar refractivity (Wildman–Crippen MR) is 638 cm³/mol. The summed E-state index contributed by atoms with van der Waals surface area (Å²) in [5.41, 5.74) is -0.498. The second kappa shape index (κ2) is 54.9. The van der Waals surface area contributed by atoms with Gasteiger partial charge < -0.3 is 61.0 Å². The lowest BCUT2D eigenvalue weighted by Gasteiger charge is -2.39. The van der Waals surface area contributed by atoms with Crippen LogP contribution in [0.3, 0.4) is 0 Å². The van der Waals surface area contributed by atoms with E-state index in [9.17, 15) is 100 Å². The zero-order valence-corrected chi connectivity index (χ0v) is 112. The number of hydrogen-bond acceptors (Lipinski definition) is 29. The number of esters is 10. The molecule has 2 aliphatic carbocycles. The Hall–Kier alpha value is 4.09. The Bertz CT molecular complexity index is 5770. The minimum atomic E-state index is -5.47. The number of rotatable bonds is 28. The van der Waals surface area contributed by atoms with Crippen molar-refractivity contribution in [2.24, 2.45) is 17.3 Å². The van der Waals surface area contributed by atoms with E-state index >= 15 is 0 Å². The minimum absolute atomic E-state index is 0.0962. The quantitative estimate of drug-likeness (QED) is 0.0144. The lowest BCUT2D eigenvalue weighted by Crippen LogP contribution is -2.51. The van der Waals surface area contributed by atoms with Gasteiger partial charge in [-0.1, -0.05) is 0 Å². The van der Waals surface area contributed by atoms with Gasteiger partial charge in [0, 0.05) is 94.2 Å². The van der Waals surface area contributed by atoms with E-state index in [1.807, 2.05) is 211 Å². The molecule has 0 aliphatic heterocycles. The van der Waals surface area contributed by atoms with Crippen molar-refractivity contribution in [2.45, 2.75) is 81.8 Å². The summed E-state index contributed by atoms with van der Waals surface area (Å²) in [5.74, 6) is -15.0. The van der Waals surface area contributed by atoms with Crippen LogP contribution in [0.5, 0.6) is 0 Å². The maximum atomic E-state index is 13.8. The molecule has 7 aromatic rings. The smallest absolute Gasteiger partial charge is 0.426 e. The zero-order valence-electron chi connectivity index (χ0n) is 64.3. The van der Waals surface area contributed by atoms with Crippen LogP contribution in [0.15, 0.2) is 84.9 Å². The molecule has 56 heteroatoms. The summed E-state index contributed by atoms with van der Waals surface area (Å²) >= 11 is 42.9. The highest BCUT2D eigenvalue weighted by Crippen LogP contribution is 2.40. The number of benzene rings is 7. The fraction of sp³-hybridized carbons (Fsp3) is 0.307. The molecule has 0 spiro atoms. The van der Waals surface area contributed by atoms with Crippen molar-refractivity contribution in [1.82, 2.24) is 0 Å². The van der Waals surface area contributed by atoms with Crippen LogP contribution in [0, 0.1) is 92.2 Å². The average molecular weight is 4230 g/mol. The van der Waals surface area contributed by atoms with E-state index in [1.165, 1.54) is 12.1 Å². The molecular weight excluding hydrogens is 4180 g/mol. The van der Waals surface area contributed by atoms with Crippen LogP contribution < -0.4 is 0 Å². The molecule has 7 aromatic carbocycles. The van der Waals surface area contributed by atoms with Gasteiger partial charge in [0.15, 0.2) is 0 Å². The highest BCUT2D eigenvalue weighted by atomic mass is 127. The molecule has 5 unspecified atom stereocenters. The predicted octanol–water partition coefficient (Wildman–Crippen LogP) is 20.9. The number of hydrogen-bond donors (Lipinski definition) is 0. The van der Waals surface area contributed by atoms with Gasteiger partial charge in [-0.2, -0.15) is 13.2 Å². The van der Waals surface area contributed by atoms with Gasteiger partial charge in [-0.3, -0.25) is 14.4 Å². The number of carbonyl (C=O) groups excluding carboxylic acids is 10. The molecule has 9 rings (SSSR count). The molecule has 0 aromatic heterocycles. The Labute approximate surface area is 1030 Å². The number of halogens is 24. The van der Waals surface area contributed by atoms with Crippen LogP contribution in [-0.2, 0) is 92.1 Å². The molecule has 0 amide bonds. The van der Waals surface area contributed by atoms with Crippen molar-refractivity contribution in [2.75, 3.05) is 43.7 Å². The molecule has 29 nitrogen and oxygen atoms in total. The van der Waals surface area contributed by atoms with Crippen LogP contribution in [-0.4, -0.2) is 185 Å². The van der Waals surface area contributed by atoms with Crippen LogP contribution in [0.4, 0.5) is 13.2 Å². The average Bonchev–Trinajstić information content (AvgIpc) is 0.782. The summed E-state index contributed by atoms with van der Waals surface area (Å²) in [6, 6.07) is 24.4. The summed E-state index contributed by atoms with van der Waals surface area (Å²) < 4.78 is 210. The third kappa shape index (κ3) is 38.3. The molecule has 0 bridgehead atoms. The van der Waals surface area contributed by atoms with Crippen LogP contribution in [0.25, 0.3) is 0 Å². The monoisotopic (exact) mass is 4230 g/mol. The van der Waals surface area contributed by atoms with Gasteiger partial charge in [-0.15, -0.1) is 0 Å². The van der Waals surface area contributed by atoms with E-state index in [4.69, 9.17) is 42.6 Å². The van der Waals surface area contributed by atoms with E-state index in [1.54, 1.807) is 42.5 Å². The third-order valence-electron chi connectivity index (χ3n) is 17.5. The van der Waals surface area contributed by atoms with Crippen molar-refractivity contribution >= 4 is 564 Å². The summed E-state index contributed by atoms with van der Waals surface area (Å²) in [4.78, 5) is 133. The topological polar surface area (TPSA) is 435 Å². The highest BCUT2D eigenvalue weighted by molar-refractivity contribution is 14.1. The first-order valence-electron chi connectivity index (χ1n) is 35.4. The molecule has 2 saturated carbocycles. The lowest BCUT2D eigenvalue weighted by atomic mass is 9.81. The van der Waals surface area contributed by atoms with E-state index in [0.717, 1.165) is 49.8 Å². The maximum Gasteiger partial charge on any atom is 0.426 e. The van der Waals surface area contributed by atoms with Crippen LogP contribution in [0.1, 0.15) is 112 Å². The minimum Gasteiger partial charge on any atom is -0.748 e. The summed E-state index contributed by atoms with van der Waals surface area (Å²) in [7, 11) is -14.8. The van der Waals surface area contributed by atoms with Gasteiger partial charge in [0.05, 0.1) is 92.5 Å². The molecule has 712 valence electrons. The largest absolute Gasteiger partial charge is 0.748 e. The van der Waals surface area contributed by atoms with Crippen molar-refractivity contribution < 1.29 is 147 Å². The van der Waals surface area contributed by atoms with E-state index < -0.39 is 194 Å². The van der Waals surface area contributed by atoms with Gasteiger partial charge in [0.2, 0.25) is 6.10 Å². The normalized spacial score (nSPS) is 17.1. The standard InChI is InChI=1S/C30H19I9O11S.C23H18I6O9S.C22H15F3I6O9S/c31-11-3-15(24(37)18(34)6-11)27(40)48-14-9-21(49-28(41)16-4-12(32)7-19(35)25(16)38)23(30(43)47-1-2-51(44,45)46)22(10-14)50-29(42)17-5-13(33)8-20(36)26(17)39;24-11-5-15(19(28)17(26)7-11)22(31)37-13-3-10(21(30)36-1-2-39(33,34)35)4-14(9-13)38-23(32)16-6-12(25)8-18(27)20(16)29;1-21(20(34)40-15(22(23,24)25)6-41(35,36)37,7-38-18(32)11-2-9(26)4-13(28)16(11)30)8-39-19(33)12-3-10(27)5-14(29)17(12)31/h3-8,14,21-23H,1-2,9-10H2,(H,44,45,46);5-8,10,13-14H,1-4,9H2,(H,33,34,35);2-5,15H,6-8H2,1H3,(H,35,36,37)/p-3. The number of alkyl halides is 3. The Kier molecular flexibility index (Phi) is 51.1. The molecule has 0 radical (unpaired) electrons. The molecule has 131 heavy (non-hydrogen) atoms. The SMILES string of the molecule is CC(COC(=O)c1cc(I)cc(I)c1I)(COC(=O)c1cc(I)cc(I)c1I)C(=O)OC(CS(=O)(=O)[O-])C(F)(F)F.O=C(OC1CC(OC(=O)c2cc(I)cc(I)c2I)C(C(=O)OCCS(=O)(=O)[O-])C(OC(=O)c2cc(I)cc(I)c2I)C1)c1cc(I)cc(I)c1I.O=C(OC1CC(OC(=O)c2cc(I)cc(I)c2I)CC(C(=O)OCCS(=O)(=O)[O-])C1)c1cc(I)cc(I)c1I. The Balaban J connectivity index is 0.000000272. The summed E-state index contributed by atoms with van der Waals surface area (Å²) in [6.07, 6.45) is -14.0. The van der Waals surface area contributed by atoms with Gasteiger partial charge in [-0.25, -0.2) is 58.8 Å². The van der Waals surface area contributed by atoms with Gasteiger partial charge in [0.25, 0.3) is 0 Å². The fourth-order valence-electron chi connectivity index (χ4n) is 11.5. The molecule has 0 saturated heterocycles. The number of ether oxygens (including phenoxy) is 10. The molecule has 2 fully saturated rings. The van der Waals surface area contributed by atoms with E-state index in [2.05, 4.69) is 298 Å². The van der Waals surface area contributed by atoms with Crippen LogP contribution >= 0.6 is 474 Å². The van der Waals surface area contributed by atoms with Crippen molar-refractivity contribution in [3.8, 4) is 0 Å². The van der Waals surface area contributed by atoms with Crippen molar-refractivity contribution in [1.29, 1.82) is 0 Å². The van der Waals surface area contributed by atoms with Crippen molar-refractivity contribution in [3.63, 3.8) is 0 Å².